The van der Waals surface area contributed by atoms with Crippen molar-refractivity contribution in [2.24, 2.45) is 0 Å². The third-order valence-electron chi connectivity index (χ3n) is 3.60. The lowest BCUT2D eigenvalue weighted by Crippen LogP contribution is -2.32. The molecule has 0 aliphatic carbocycles. The fourth-order valence-electron chi connectivity index (χ4n) is 2.40. The Labute approximate surface area is 154 Å². The number of esters is 1. The molecule has 0 aliphatic heterocycles. The lowest BCUT2D eigenvalue weighted by Gasteiger charge is -2.19. The van der Waals surface area contributed by atoms with E-state index >= 15 is 0 Å². The van der Waals surface area contributed by atoms with Gasteiger partial charge in [0.25, 0.3) is 0 Å². The number of rotatable bonds is 7. The van der Waals surface area contributed by atoms with Gasteiger partial charge < -0.3 is 4.74 Å². The topological polar surface area (TPSA) is 103 Å². The van der Waals surface area contributed by atoms with Gasteiger partial charge in [-0.2, -0.15) is 15.0 Å². The van der Waals surface area contributed by atoms with Crippen LogP contribution in [-0.2, 0) is 21.3 Å². The number of thiophene rings is 1. The fourth-order valence-corrected chi connectivity index (χ4v) is 4.95. The third kappa shape index (κ3) is 3.98. The van der Waals surface area contributed by atoms with Crippen molar-refractivity contribution in [3.8, 4) is 0 Å². The number of benzene rings is 1. The molecule has 0 saturated heterocycles. The average Bonchev–Trinajstić information content (AvgIpc) is 3.33. The molecule has 2 aromatic heterocycles. The van der Waals surface area contributed by atoms with Crippen molar-refractivity contribution >= 4 is 27.3 Å². The zero-order valence-corrected chi connectivity index (χ0v) is 15.4. The van der Waals surface area contributed by atoms with Crippen molar-refractivity contribution in [1.82, 2.24) is 19.7 Å². The van der Waals surface area contributed by atoms with Crippen molar-refractivity contribution in [2.45, 2.75) is 17.5 Å². The first-order chi connectivity index (χ1) is 12.5. The van der Waals surface area contributed by atoms with Crippen LogP contribution in [0.1, 0.15) is 21.3 Å². The Bertz CT molecular complexity index is 969. The summed E-state index contributed by atoms with van der Waals surface area (Å²) in [6, 6.07) is 9.87. The molecule has 136 valence electrons. The minimum Gasteiger partial charge on any atom is -0.465 e. The van der Waals surface area contributed by atoms with Gasteiger partial charge in [-0.3, -0.25) is 0 Å². The number of nitrogens with one attached hydrogen (secondary N) is 1. The van der Waals surface area contributed by atoms with E-state index in [-0.39, 0.29) is 16.3 Å². The lowest BCUT2D eigenvalue weighted by molar-refractivity contribution is 0.0602. The first-order valence-electron chi connectivity index (χ1n) is 7.58. The molecule has 1 atom stereocenters. The number of ether oxygens (including phenoxy) is 1. The highest BCUT2D eigenvalue weighted by molar-refractivity contribution is 7.89. The number of hydrogen-bond donors (Lipinski definition) is 1. The molecule has 0 bridgehead atoms. The number of aromatic nitrogens is 3. The van der Waals surface area contributed by atoms with Crippen molar-refractivity contribution in [2.75, 3.05) is 7.11 Å². The standard InChI is InChI=1S/C16H16N4O4S2/c1-24-16(21)15-14(7-10-25-15)26(22,23)19-13(11-20-17-8-9-18-20)12-5-3-2-4-6-12/h2-10,13,19H,11H2,1H3/t13-/m1/s1. The van der Waals surface area contributed by atoms with E-state index in [0.717, 1.165) is 16.9 Å². The minimum atomic E-state index is -3.96. The average molecular weight is 392 g/mol. The van der Waals surface area contributed by atoms with E-state index in [1.807, 2.05) is 30.3 Å². The van der Waals surface area contributed by atoms with Gasteiger partial charge in [0.15, 0.2) is 0 Å². The molecule has 3 rings (SSSR count). The van der Waals surface area contributed by atoms with Crippen molar-refractivity contribution in [3.05, 3.63) is 64.6 Å². The van der Waals surface area contributed by atoms with Gasteiger partial charge in [0.05, 0.1) is 32.1 Å². The van der Waals surface area contributed by atoms with Gasteiger partial charge in [-0.05, 0) is 17.0 Å². The van der Waals surface area contributed by atoms with E-state index in [1.54, 1.807) is 0 Å². The van der Waals surface area contributed by atoms with Gasteiger partial charge in [-0.1, -0.05) is 30.3 Å². The largest absolute Gasteiger partial charge is 0.465 e. The summed E-state index contributed by atoms with van der Waals surface area (Å²) in [5.41, 5.74) is 0.753. The van der Waals surface area contributed by atoms with Crippen molar-refractivity contribution in [1.29, 1.82) is 0 Å². The summed E-state index contributed by atoms with van der Waals surface area (Å²) in [4.78, 5) is 13.1. The monoisotopic (exact) mass is 392 g/mol. The first-order valence-corrected chi connectivity index (χ1v) is 9.94. The van der Waals surface area contributed by atoms with Gasteiger partial charge in [0, 0.05) is 0 Å². The molecule has 0 amide bonds. The van der Waals surface area contributed by atoms with E-state index in [1.165, 1.54) is 35.7 Å². The molecule has 1 N–H and O–H groups in total. The molecule has 2 heterocycles. The molecule has 0 radical (unpaired) electrons. The Morgan fingerprint density at radius 1 is 1.23 bits per heavy atom. The van der Waals surface area contributed by atoms with E-state index in [2.05, 4.69) is 19.7 Å². The Hall–Kier alpha value is -2.56. The number of sulfonamides is 1. The summed E-state index contributed by atoms with van der Waals surface area (Å²) in [6.45, 7) is 0.202. The highest BCUT2D eigenvalue weighted by atomic mass is 32.2. The predicted octanol–water partition coefficient (Wildman–Crippen LogP) is 1.85. The molecular formula is C16H16N4O4S2. The first kappa shape index (κ1) is 18.2. The summed E-state index contributed by atoms with van der Waals surface area (Å²) in [6.07, 6.45) is 3.04. The molecule has 1 aromatic carbocycles. The highest BCUT2D eigenvalue weighted by Crippen LogP contribution is 2.25. The van der Waals surface area contributed by atoms with E-state index in [4.69, 9.17) is 0 Å². The van der Waals surface area contributed by atoms with Crippen LogP contribution in [0.5, 0.6) is 0 Å². The van der Waals surface area contributed by atoms with Crippen LogP contribution in [0.3, 0.4) is 0 Å². The van der Waals surface area contributed by atoms with Gasteiger partial charge in [-0.15, -0.1) is 11.3 Å². The number of hydrogen-bond acceptors (Lipinski definition) is 7. The van der Waals surface area contributed by atoms with E-state index in [0.29, 0.717) is 0 Å². The second-order valence-corrected chi connectivity index (χ2v) is 7.87. The zero-order chi connectivity index (χ0) is 18.6. The Morgan fingerprint density at radius 3 is 2.58 bits per heavy atom. The minimum absolute atomic E-state index is 0.0315. The van der Waals surface area contributed by atoms with Crippen molar-refractivity contribution in [3.63, 3.8) is 0 Å². The van der Waals surface area contributed by atoms with E-state index < -0.39 is 22.0 Å². The van der Waals surface area contributed by atoms with Crippen LogP contribution in [0.15, 0.2) is 59.1 Å². The molecular weight excluding hydrogens is 376 g/mol. The summed E-state index contributed by atoms with van der Waals surface area (Å²) < 4.78 is 33.1. The van der Waals surface area contributed by atoms with Gasteiger partial charge in [0.2, 0.25) is 10.0 Å². The van der Waals surface area contributed by atoms with Crippen LogP contribution in [0, 0.1) is 0 Å². The van der Waals surface area contributed by atoms with Gasteiger partial charge in [0.1, 0.15) is 9.77 Å². The van der Waals surface area contributed by atoms with Crippen LogP contribution in [0.2, 0.25) is 0 Å². The summed E-state index contributed by atoms with van der Waals surface area (Å²) >= 11 is 1.01. The SMILES string of the molecule is COC(=O)c1sccc1S(=O)(=O)N[C@H](Cn1nccn1)c1ccccc1. The zero-order valence-electron chi connectivity index (χ0n) is 13.8. The molecule has 0 unspecified atom stereocenters. The van der Waals surface area contributed by atoms with Gasteiger partial charge >= 0.3 is 5.97 Å². The maximum Gasteiger partial charge on any atom is 0.349 e. The molecule has 8 nitrogen and oxygen atoms in total. The van der Waals surface area contributed by atoms with Crippen LogP contribution >= 0.6 is 11.3 Å². The smallest absolute Gasteiger partial charge is 0.349 e. The molecule has 3 aromatic rings. The van der Waals surface area contributed by atoms with E-state index in [9.17, 15) is 13.2 Å². The van der Waals surface area contributed by atoms with Crippen LogP contribution in [0.25, 0.3) is 0 Å². The Morgan fingerprint density at radius 2 is 1.92 bits per heavy atom. The molecule has 26 heavy (non-hydrogen) atoms. The number of nitrogens with zero attached hydrogens (tertiary/aromatic N) is 3. The van der Waals surface area contributed by atoms with Crippen LogP contribution in [0.4, 0.5) is 0 Å². The fraction of sp³-hybridized carbons (Fsp3) is 0.188. The second kappa shape index (κ2) is 7.77. The molecule has 0 spiro atoms. The lowest BCUT2D eigenvalue weighted by atomic mass is 10.1. The number of carbonyl (C=O) groups is 1. The maximum absolute atomic E-state index is 12.9. The number of carbonyl (C=O) groups excluding carboxylic acids is 1. The quantitative estimate of drug-likeness (QED) is 0.616. The Kier molecular flexibility index (Phi) is 5.45. The second-order valence-electron chi connectivity index (χ2n) is 5.27. The summed E-state index contributed by atoms with van der Waals surface area (Å²) in [5.74, 6) is -0.689. The van der Waals surface area contributed by atoms with Crippen molar-refractivity contribution < 1.29 is 17.9 Å². The number of methoxy groups -OCH3 is 1. The third-order valence-corrected chi connectivity index (χ3v) is 6.14. The molecule has 10 heteroatoms. The summed E-state index contributed by atoms with van der Waals surface area (Å²) in [5, 5.41) is 9.60. The normalized spacial score (nSPS) is 12.7. The molecule has 0 fully saturated rings. The van der Waals surface area contributed by atoms with Crippen LogP contribution in [-0.4, -0.2) is 36.5 Å². The van der Waals surface area contributed by atoms with Gasteiger partial charge in [-0.25, -0.2) is 17.9 Å². The summed E-state index contributed by atoms with van der Waals surface area (Å²) in [7, 11) is -2.75. The maximum atomic E-state index is 12.9. The molecule has 0 saturated carbocycles. The molecule has 0 aliphatic rings. The predicted molar refractivity (Wildman–Crippen MR) is 95.2 cm³/mol. The van der Waals surface area contributed by atoms with Crippen LogP contribution < -0.4 is 4.72 Å². The Balaban J connectivity index is 1.93. The highest BCUT2D eigenvalue weighted by Gasteiger charge is 2.28.